The maximum absolute atomic E-state index is 11.6. The van der Waals surface area contributed by atoms with Gasteiger partial charge in [0.25, 0.3) is 0 Å². The number of carbonyl (C=O) groups is 1. The zero-order valence-electron chi connectivity index (χ0n) is 16.1. The van der Waals surface area contributed by atoms with E-state index >= 15 is 0 Å². The molecule has 1 saturated carbocycles. The van der Waals surface area contributed by atoms with Crippen LogP contribution in [0.3, 0.4) is 0 Å². The molecule has 1 saturated heterocycles. The molecule has 3 aliphatic rings. The van der Waals surface area contributed by atoms with Crippen LogP contribution in [-0.2, 0) is 27.1 Å². The number of aryl methyl sites for hydroxylation is 1. The zero-order chi connectivity index (χ0) is 18.0. The van der Waals surface area contributed by atoms with E-state index in [-0.39, 0.29) is 11.4 Å². The highest BCUT2D eigenvalue weighted by atomic mass is 16.5. The van der Waals surface area contributed by atoms with Gasteiger partial charge in [-0.2, -0.15) is 0 Å². The van der Waals surface area contributed by atoms with E-state index in [1.165, 1.54) is 44.1 Å². The largest absolute Gasteiger partial charge is 0.465 e. The monoisotopic (exact) mass is 356 g/mol. The summed E-state index contributed by atoms with van der Waals surface area (Å²) in [5, 5.41) is 0. The molecule has 1 heterocycles. The summed E-state index contributed by atoms with van der Waals surface area (Å²) in [4.78, 5) is 11.6. The lowest BCUT2D eigenvalue weighted by molar-refractivity contribution is -0.137. The number of esters is 1. The second-order valence-electron chi connectivity index (χ2n) is 8.75. The second-order valence-corrected chi connectivity index (χ2v) is 8.75. The quantitative estimate of drug-likeness (QED) is 0.542. The molecule has 0 N–H and O–H groups in total. The maximum Gasteiger partial charge on any atom is 0.306 e. The Hall–Kier alpha value is -1.35. The summed E-state index contributed by atoms with van der Waals surface area (Å²) in [7, 11) is 0. The fourth-order valence-electron chi connectivity index (χ4n) is 5.39. The summed E-state index contributed by atoms with van der Waals surface area (Å²) in [5.41, 5.74) is 4.77. The van der Waals surface area contributed by atoms with Crippen molar-refractivity contribution in [2.75, 3.05) is 19.8 Å². The van der Waals surface area contributed by atoms with Gasteiger partial charge in [-0.05, 0) is 86.8 Å². The van der Waals surface area contributed by atoms with Crippen molar-refractivity contribution in [3.8, 4) is 0 Å². The van der Waals surface area contributed by atoms with Gasteiger partial charge in [0, 0.05) is 18.6 Å². The van der Waals surface area contributed by atoms with Gasteiger partial charge >= 0.3 is 5.97 Å². The number of fused-ring (bicyclic) bond motifs is 1. The molecule has 0 amide bonds. The van der Waals surface area contributed by atoms with Crippen molar-refractivity contribution in [1.82, 2.24) is 0 Å². The molecule has 3 nitrogen and oxygen atoms in total. The first-order chi connectivity index (χ1) is 12.7. The molecule has 26 heavy (non-hydrogen) atoms. The van der Waals surface area contributed by atoms with Gasteiger partial charge in [0.1, 0.15) is 0 Å². The number of carbonyl (C=O) groups excluding carboxylic acids is 1. The first-order valence-electron chi connectivity index (χ1n) is 10.5. The van der Waals surface area contributed by atoms with E-state index in [0.717, 1.165) is 32.0 Å². The Morgan fingerprint density at radius 1 is 1.27 bits per heavy atom. The van der Waals surface area contributed by atoms with E-state index < -0.39 is 0 Å². The molecule has 0 unspecified atom stereocenters. The Kier molecular flexibility index (Phi) is 5.35. The highest BCUT2D eigenvalue weighted by Gasteiger charge is 2.46. The highest BCUT2D eigenvalue weighted by Crippen LogP contribution is 2.51. The summed E-state index contributed by atoms with van der Waals surface area (Å²) in [5.74, 6) is 1.44. The summed E-state index contributed by atoms with van der Waals surface area (Å²) < 4.78 is 10.8. The molecule has 142 valence electrons. The van der Waals surface area contributed by atoms with Gasteiger partial charge < -0.3 is 9.47 Å². The smallest absolute Gasteiger partial charge is 0.306 e. The second kappa shape index (κ2) is 7.72. The Balaban J connectivity index is 1.36. The van der Waals surface area contributed by atoms with Crippen molar-refractivity contribution in [3.05, 3.63) is 34.9 Å². The number of hydrogen-bond acceptors (Lipinski definition) is 3. The van der Waals surface area contributed by atoms with Crippen LogP contribution in [0.5, 0.6) is 0 Å². The summed E-state index contributed by atoms with van der Waals surface area (Å²) in [6.45, 7) is 4.46. The van der Waals surface area contributed by atoms with Gasteiger partial charge in [0.15, 0.2) is 0 Å². The Bertz CT molecular complexity index is 653. The van der Waals surface area contributed by atoms with Gasteiger partial charge in [-0.1, -0.05) is 18.2 Å². The first-order valence-corrected chi connectivity index (χ1v) is 10.5. The third-order valence-corrected chi connectivity index (χ3v) is 6.90. The molecule has 1 aromatic rings. The van der Waals surface area contributed by atoms with Crippen molar-refractivity contribution >= 4 is 5.97 Å². The average Bonchev–Trinajstić information content (AvgIpc) is 3.24. The van der Waals surface area contributed by atoms with Crippen molar-refractivity contribution in [1.29, 1.82) is 0 Å². The van der Waals surface area contributed by atoms with Crippen LogP contribution in [0.1, 0.15) is 74.5 Å². The van der Waals surface area contributed by atoms with Gasteiger partial charge in [-0.3, -0.25) is 4.79 Å². The molecule has 1 aromatic carbocycles. The van der Waals surface area contributed by atoms with E-state index in [0.29, 0.717) is 18.9 Å². The van der Waals surface area contributed by atoms with E-state index in [9.17, 15) is 4.79 Å². The number of ether oxygens (including phenoxy) is 2. The maximum atomic E-state index is 11.6. The van der Waals surface area contributed by atoms with Crippen LogP contribution in [0.15, 0.2) is 18.2 Å². The zero-order valence-corrected chi connectivity index (χ0v) is 16.1. The van der Waals surface area contributed by atoms with Crippen molar-refractivity contribution in [2.24, 2.45) is 11.3 Å². The molecule has 1 spiro atoms. The van der Waals surface area contributed by atoms with Crippen LogP contribution in [0.4, 0.5) is 0 Å². The fraction of sp³-hybridized carbons (Fsp3) is 0.696. The summed E-state index contributed by atoms with van der Waals surface area (Å²) in [6, 6.07) is 7.23. The van der Waals surface area contributed by atoms with Gasteiger partial charge in [0.2, 0.25) is 0 Å². The molecule has 3 atom stereocenters. The number of cyclic esters (lactones) is 1. The standard InChI is InChI=1S/C23H32O3/c1-2-25-11-3-4-17-5-6-19-13-20(8-7-18(19)12-17)21-9-10-23(14-21)15-22(24)26-16-23/h7-8,13,17,21H,2-6,9-12,14-16H2,1H3/t17-,21+,23+/m1/s1. The normalized spacial score (nSPS) is 30.6. The van der Waals surface area contributed by atoms with Crippen LogP contribution < -0.4 is 0 Å². The fourth-order valence-corrected chi connectivity index (χ4v) is 5.39. The van der Waals surface area contributed by atoms with Gasteiger partial charge in [-0.25, -0.2) is 0 Å². The van der Waals surface area contributed by atoms with Crippen molar-refractivity contribution < 1.29 is 14.3 Å². The predicted octanol–water partition coefficient (Wildman–Crippen LogP) is 4.81. The molecule has 1 aliphatic heterocycles. The third-order valence-electron chi connectivity index (χ3n) is 6.90. The van der Waals surface area contributed by atoms with Crippen LogP contribution in [0.25, 0.3) is 0 Å². The van der Waals surface area contributed by atoms with E-state index in [4.69, 9.17) is 9.47 Å². The minimum Gasteiger partial charge on any atom is -0.465 e. The highest BCUT2D eigenvalue weighted by molar-refractivity contribution is 5.72. The molecule has 0 aromatic heterocycles. The predicted molar refractivity (Wildman–Crippen MR) is 102 cm³/mol. The number of benzene rings is 1. The molecule has 0 radical (unpaired) electrons. The summed E-state index contributed by atoms with van der Waals surface area (Å²) in [6.07, 6.45) is 10.4. The molecule has 0 bridgehead atoms. The first kappa shape index (κ1) is 18.0. The van der Waals surface area contributed by atoms with Crippen LogP contribution in [0, 0.1) is 11.3 Å². The van der Waals surface area contributed by atoms with Crippen molar-refractivity contribution in [2.45, 2.75) is 70.6 Å². The van der Waals surface area contributed by atoms with Crippen molar-refractivity contribution in [3.63, 3.8) is 0 Å². The van der Waals surface area contributed by atoms with E-state index in [1.807, 2.05) is 0 Å². The molecular formula is C23H32O3. The Labute approximate surface area is 157 Å². The van der Waals surface area contributed by atoms with E-state index in [1.54, 1.807) is 11.1 Å². The average molecular weight is 357 g/mol. The minimum absolute atomic E-state index is 0.00599. The van der Waals surface area contributed by atoms with Gasteiger partial charge in [-0.15, -0.1) is 0 Å². The van der Waals surface area contributed by atoms with Crippen LogP contribution in [-0.4, -0.2) is 25.8 Å². The lowest BCUT2D eigenvalue weighted by atomic mass is 9.79. The third kappa shape index (κ3) is 3.83. The van der Waals surface area contributed by atoms with E-state index in [2.05, 4.69) is 25.1 Å². The number of rotatable bonds is 6. The lowest BCUT2D eigenvalue weighted by Crippen LogP contribution is -2.17. The Morgan fingerprint density at radius 2 is 2.19 bits per heavy atom. The molecule has 2 aliphatic carbocycles. The number of hydrogen-bond donors (Lipinski definition) is 0. The van der Waals surface area contributed by atoms with Gasteiger partial charge in [0.05, 0.1) is 13.0 Å². The topological polar surface area (TPSA) is 35.5 Å². The SMILES string of the molecule is CCOCCC[C@@H]1CCc2cc([C@H]3CC[C@]4(COC(=O)C4)C3)ccc2C1. The van der Waals surface area contributed by atoms with Crippen LogP contribution >= 0.6 is 0 Å². The molecule has 4 rings (SSSR count). The summed E-state index contributed by atoms with van der Waals surface area (Å²) >= 11 is 0. The molecule has 3 heteroatoms. The minimum atomic E-state index is 0.00599. The lowest BCUT2D eigenvalue weighted by Gasteiger charge is -2.26. The Morgan fingerprint density at radius 3 is 3.00 bits per heavy atom. The molecule has 2 fully saturated rings. The van der Waals surface area contributed by atoms with Crippen LogP contribution in [0.2, 0.25) is 0 Å². The molecular weight excluding hydrogens is 324 g/mol.